The predicted molar refractivity (Wildman–Crippen MR) is 150 cm³/mol. The number of nitrogens with zero attached hydrogens (tertiary/aromatic N) is 3. The van der Waals surface area contributed by atoms with Gasteiger partial charge in [-0.1, -0.05) is 29.8 Å². The summed E-state index contributed by atoms with van der Waals surface area (Å²) in [5, 5.41) is 3.76. The largest absolute Gasteiger partial charge is 0.379 e. The molecule has 4 atom stereocenters. The number of aryl methyl sites for hydroxylation is 2. The van der Waals surface area contributed by atoms with E-state index in [1.165, 1.54) is 17.5 Å². The van der Waals surface area contributed by atoms with Crippen molar-refractivity contribution in [1.82, 2.24) is 20.2 Å². The summed E-state index contributed by atoms with van der Waals surface area (Å²) in [5.41, 5.74) is 4.93. The number of hydrogen-bond donors (Lipinski definition) is 1. The van der Waals surface area contributed by atoms with Gasteiger partial charge in [-0.25, -0.2) is 9.97 Å². The zero-order valence-electron chi connectivity index (χ0n) is 23.7. The molecule has 3 saturated heterocycles. The molecular weight excluding hydrogens is 492 g/mol. The molecule has 0 spiro atoms. The van der Waals surface area contributed by atoms with Gasteiger partial charge in [0.15, 0.2) is 0 Å². The third-order valence-corrected chi connectivity index (χ3v) is 8.73. The monoisotopic (exact) mass is 536 g/mol. The van der Waals surface area contributed by atoms with Crippen LogP contribution in [0, 0.1) is 13.8 Å². The SMILES string of the molecule is CO[C@H]1COCC[C@H]1NC1CCN(C(=O)c2ncnc(CC[C@H]3CCC[C@@H](c4ccc(C)cc4)O3)c2C)CC1. The minimum absolute atomic E-state index is 0.0174. The lowest BCUT2D eigenvalue weighted by atomic mass is 9.95. The lowest BCUT2D eigenvalue weighted by molar-refractivity contribution is -0.0547. The number of aromatic nitrogens is 2. The van der Waals surface area contributed by atoms with Gasteiger partial charge in [0.1, 0.15) is 12.0 Å². The molecule has 2 aromatic rings. The van der Waals surface area contributed by atoms with Crippen molar-refractivity contribution in [2.75, 3.05) is 33.4 Å². The second kappa shape index (κ2) is 13.3. The molecule has 5 rings (SSSR count). The van der Waals surface area contributed by atoms with Crippen molar-refractivity contribution in [2.24, 2.45) is 0 Å². The predicted octanol–water partition coefficient (Wildman–Crippen LogP) is 4.33. The van der Waals surface area contributed by atoms with E-state index in [1.807, 2.05) is 11.8 Å². The average Bonchev–Trinajstić information content (AvgIpc) is 2.97. The molecule has 0 radical (unpaired) electrons. The van der Waals surface area contributed by atoms with Crippen molar-refractivity contribution in [3.05, 3.63) is 58.7 Å². The minimum Gasteiger partial charge on any atom is -0.379 e. The second-order valence-electron chi connectivity index (χ2n) is 11.4. The van der Waals surface area contributed by atoms with E-state index in [1.54, 1.807) is 13.4 Å². The Morgan fingerprint density at radius 1 is 1.08 bits per heavy atom. The van der Waals surface area contributed by atoms with Crippen LogP contribution < -0.4 is 5.32 Å². The van der Waals surface area contributed by atoms with Gasteiger partial charge in [0.05, 0.1) is 24.9 Å². The van der Waals surface area contributed by atoms with E-state index in [4.69, 9.17) is 14.2 Å². The van der Waals surface area contributed by atoms with Gasteiger partial charge in [0.25, 0.3) is 5.91 Å². The van der Waals surface area contributed by atoms with Crippen molar-refractivity contribution >= 4 is 5.91 Å². The lowest BCUT2D eigenvalue weighted by Crippen LogP contribution is -2.54. The Morgan fingerprint density at radius 3 is 2.64 bits per heavy atom. The Kier molecular flexibility index (Phi) is 9.61. The molecule has 8 nitrogen and oxygen atoms in total. The number of hydrogen-bond acceptors (Lipinski definition) is 7. The number of methoxy groups -OCH3 is 1. The zero-order valence-corrected chi connectivity index (χ0v) is 23.7. The van der Waals surface area contributed by atoms with Crippen LogP contribution in [0.2, 0.25) is 0 Å². The third kappa shape index (κ3) is 7.04. The minimum atomic E-state index is 0.0174. The molecule has 8 heteroatoms. The molecule has 1 aromatic heterocycles. The maximum atomic E-state index is 13.5. The van der Waals surface area contributed by atoms with Crippen LogP contribution in [0.4, 0.5) is 0 Å². The van der Waals surface area contributed by atoms with E-state index in [0.717, 1.165) is 75.9 Å². The van der Waals surface area contributed by atoms with E-state index in [-0.39, 0.29) is 24.2 Å². The average molecular weight is 537 g/mol. The summed E-state index contributed by atoms with van der Waals surface area (Å²) in [7, 11) is 1.75. The molecule has 3 aliphatic rings. The van der Waals surface area contributed by atoms with Gasteiger partial charge >= 0.3 is 0 Å². The quantitative estimate of drug-likeness (QED) is 0.537. The Bertz CT molecular complexity index is 1090. The first-order valence-electron chi connectivity index (χ1n) is 14.7. The lowest BCUT2D eigenvalue weighted by Gasteiger charge is -2.38. The summed E-state index contributed by atoms with van der Waals surface area (Å²) in [5.74, 6) is 0.0174. The Labute approximate surface area is 232 Å². The topological polar surface area (TPSA) is 85.8 Å². The molecule has 1 aromatic carbocycles. The highest BCUT2D eigenvalue weighted by Crippen LogP contribution is 2.33. The number of piperidine rings is 1. The highest BCUT2D eigenvalue weighted by atomic mass is 16.5. The zero-order chi connectivity index (χ0) is 27.2. The third-order valence-electron chi connectivity index (χ3n) is 8.73. The van der Waals surface area contributed by atoms with Crippen LogP contribution in [0.3, 0.4) is 0 Å². The maximum absolute atomic E-state index is 13.5. The van der Waals surface area contributed by atoms with Gasteiger partial charge in [-0.05, 0) is 70.8 Å². The number of nitrogens with one attached hydrogen (secondary N) is 1. The summed E-state index contributed by atoms with van der Waals surface area (Å²) in [6, 6.07) is 9.39. The van der Waals surface area contributed by atoms with Crippen molar-refractivity contribution in [2.45, 2.75) is 95.6 Å². The number of rotatable bonds is 8. The number of benzene rings is 1. The highest BCUT2D eigenvalue weighted by Gasteiger charge is 2.31. The summed E-state index contributed by atoms with van der Waals surface area (Å²) < 4.78 is 17.6. The summed E-state index contributed by atoms with van der Waals surface area (Å²) in [6.07, 6.45) is 9.83. The molecule has 212 valence electrons. The van der Waals surface area contributed by atoms with Crippen molar-refractivity contribution in [3.63, 3.8) is 0 Å². The van der Waals surface area contributed by atoms with Crippen LogP contribution in [0.1, 0.15) is 83.9 Å². The summed E-state index contributed by atoms with van der Waals surface area (Å²) >= 11 is 0. The number of carbonyl (C=O) groups excluding carboxylic acids is 1. The Morgan fingerprint density at radius 2 is 1.87 bits per heavy atom. The molecule has 3 fully saturated rings. The molecule has 4 heterocycles. The van der Waals surface area contributed by atoms with E-state index >= 15 is 0 Å². The number of carbonyl (C=O) groups is 1. The van der Waals surface area contributed by atoms with Gasteiger partial charge in [0, 0.05) is 50.1 Å². The van der Waals surface area contributed by atoms with Crippen LogP contribution in [-0.4, -0.2) is 78.5 Å². The molecule has 39 heavy (non-hydrogen) atoms. The van der Waals surface area contributed by atoms with Gasteiger partial charge in [-0.2, -0.15) is 0 Å². The number of ether oxygens (including phenoxy) is 3. The van der Waals surface area contributed by atoms with Gasteiger partial charge in [0.2, 0.25) is 0 Å². The molecule has 1 N–H and O–H groups in total. The first-order valence-corrected chi connectivity index (χ1v) is 14.7. The summed E-state index contributed by atoms with van der Waals surface area (Å²) in [4.78, 5) is 24.4. The fourth-order valence-corrected chi connectivity index (χ4v) is 6.23. The van der Waals surface area contributed by atoms with Crippen LogP contribution in [-0.2, 0) is 20.6 Å². The number of likely N-dealkylation sites (tertiary alicyclic amines) is 1. The van der Waals surface area contributed by atoms with Crippen LogP contribution in [0.25, 0.3) is 0 Å². The van der Waals surface area contributed by atoms with Crippen molar-refractivity contribution in [3.8, 4) is 0 Å². The molecule has 3 aliphatic heterocycles. The van der Waals surface area contributed by atoms with E-state index < -0.39 is 0 Å². The summed E-state index contributed by atoms with van der Waals surface area (Å²) in [6.45, 7) is 6.97. The molecule has 0 bridgehead atoms. The van der Waals surface area contributed by atoms with E-state index in [0.29, 0.717) is 24.4 Å². The highest BCUT2D eigenvalue weighted by molar-refractivity contribution is 5.93. The van der Waals surface area contributed by atoms with Crippen LogP contribution in [0.5, 0.6) is 0 Å². The molecule has 0 unspecified atom stereocenters. The normalized spacial score (nSPS) is 26.5. The van der Waals surface area contributed by atoms with Crippen LogP contribution >= 0.6 is 0 Å². The molecule has 0 saturated carbocycles. The van der Waals surface area contributed by atoms with Crippen molar-refractivity contribution in [1.29, 1.82) is 0 Å². The Hall–Kier alpha value is -2.39. The molecule has 1 amide bonds. The van der Waals surface area contributed by atoms with Crippen LogP contribution in [0.15, 0.2) is 30.6 Å². The first kappa shape index (κ1) is 28.1. The van der Waals surface area contributed by atoms with Crippen molar-refractivity contribution < 1.29 is 19.0 Å². The van der Waals surface area contributed by atoms with Gasteiger partial charge in [-0.3, -0.25) is 4.79 Å². The van der Waals surface area contributed by atoms with E-state index in [9.17, 15) is 4.79 Å². The fourth-order valence-electron chi connectivity index (χ4n) is 6.23. The smallest absolute Gasteiger partial charge is 0.272 e. The maximum Gasteiger partial charge on any atom is 0.272 e. The second-order valence-corrected chi connectivity index (χ2v) is 11.4. The Balaban J connectivity index is 1.13. The van der Waals surface area contributed by atoms with Gasteiger partial charge in [-0.15, -0.1) is 0 Å². The molecule has 0 aliphatic carbocycles. The van der Waals surface area contributed by atoms with Gasteiger partial charge < -0.3 is 24.4 Å². The fraction of sp³-hybridized carbons (Fsp3) is 0.645. The molecular formula is C31H44N4O4. The standard InChI is InChI=1S/C31H44N4O4/c1-21-7-9-23(10-8-21)28-6-4-5-25(39-28)11-12-26-22(2)30(33-20-32-26)31(36)35-16-13-24(14-17-35)34-27-15-18-38-19-29(27)37-3/h7-10,20,24-25,27-29,34H,4-6,11-19H2,1-3H3/t25-,27-,28+,29+/m1/s1. The number of amides is 1. The first-order chi connectivity index (χ1) is 19.0. The van der Waals surface area contributed by atoms with E-state index in [2.05, 4.69) is 46.5 Å².